The van der Waals surface area contributed by atoms with Crippen LogP contribution in [0.1, 0.15) is 23.7 Å². The normalized spacial score (nSPS) is 10.9. The molecule has 0 radical (unpaired) electrons. The molecule has 0 spiro atoms. The molecule has 1 N–H and O–H groups in total. The van der Waals surface area contributed by atoms with Crippen LogP contribution in [0.2, 0.25) is 0 Å². The average Bonchev–Trinajstić information content (AvgIpc) is 2.75. The predicted molar refractivity (Wildman–Crippen MR) is 122 cm³/mol. The maximum absolute atomic E-state index is 13.4. The Bertz CT molecular complexity index is 1030. The zero-order chi connectivity index (χ0) is 21.3. The molecule has 0 bridgehead atoms. The molecule has 1 amide bonds. The molecule has 0 saturated carbocycles. The van der Waals surface area contributed by atoms with Crippen LogP contribution in [0.5, 0.6) is 0 Å². The molecule has 154 valence electrons. The Morgan fingerprint density at radius 2 is 2.03 bits per heavy atom. The van der Waals surface area contributed by atoms with Gasteiger partial charge in [-0.15, -0.1) is 0 Å². The lowest BCUT2D eigenvalue weighted by Gasteiger charge is -2.22. The van der Waals surface area contributed by atoms with E-state index in [4.69, 9.17) is 0 Å². The van der Waals surface area contributed by atoms with Gasteiger partial charge in [-0.2, -0.15) is 0 Å². The van der Waals surface area contributed by atoms with Crippen molar-refractivity contribution < 1.29 is 9.18 Å². The van der Waals surface area contributed by atoms with Crippen molar-refractivity contribution in [3.05, 3.63) is 88.0 Å². The molecular weight excluding hydrogens is 447 g/mol. The molecule has 0 aliphatic carbocycles. The van der Waals surface area contributed by atoms with Crippen LogP contribution >= 0.6 is 15.9 Å². The third kappa shape index (κ3) is 5.73. The van der Waals surface area contributed by atoms with Crippen molar-refractivity contribution in [2.24, 2.45) is 0 Å². The van der Waals surface area contributed by atoms with Crippen LogP contribution < -0.4 is 10.2 Å². The van der Waals surface area contributed by atoms with E-state index in [2.05, 4.69) is 31.2 Å². The largest absolute Gasteiger partial charge is 0.368 e. The maximum Gasteiger partial charge on any atom is 0.214 e. The number of carbonyl (C=O) groups excluding carboxylic acids is 1. The quantitative estimate of drug-likeness (QED) is 0.436. The van der Waals surface area contributed by atoms with Crippen molar-refractivity contribution in [1.82, 2.24) is 9.97 Å². The van der Waals surface area contributed by atoms with Gasteiger partial charge >= 0.3 is 0 Å². The van der Waals surface area contributed by atoms with Gasteiger partial charge < -0.3 is 10.2 Å². The smallest absolute Gasteiger partial charge is 0.214 e. The van der Waals surface area contributed by atoms with E-state index in [0.717, 1.165) is 27.7 Å². The topological polar surface area (TPSA) is 58.1 Å². The van der Waals surface area contributed by atoms with Gasteiger partial charge in [0.1, 0.15) is 5.82 Å². The molecule has 0 unspecified atom stereocenters. The molecule has 1 aromatic carbocycles. The van der Waals surface area contributed by atoms with Crippen molar-refractivity contribution in [2.75, 3.05) is 16.8 Å². The summed E-state index contributed by atoms with van der Waals surface area (Å²) in [5.41, 5.74) is 3.19. The van der Waals surface area contributed by atoms with Crippen molar-refractivity contribution >= 4 is 39.9 Å². The van der Waals surface area contributed by atoms with Crippen LogP contribution in [0.4, 0.5) is 15.9 Å². The molecule has 0 atom stereocenters. The second kappa shape index (κ2) is 10.6. The summed E-state index contributed by atoms with van der Waals surface area (Å²) in [7, 11) is 0. The summed E-state index contributed by atoms with van der Waals surface area (Å²) < 4.78 is 14.2. The Labute approximate surface area is 183 Å². The van der Waals surface area contributed by atoms with E-state index >= 15 is 0 Å². The first kappa shape index (κ1) is 21.6. The number of rotatable bonds is 9. The van der Waals surface area contributed by atoms with Gasteiger partial charge in [-0.3, -0.25) is 9.78 Å². The summed E-state index contributed by atoms with van der Waals surface area (Å²) in [5.74, 6) is 0.326. The number of nitrogens with one attached hydrogen (secondary N) is 1. The number of nitrogens with zero attached hydrogens (tertiary/aromatic N) is 3. The van der Waals surface area contributed by atoms with E-state index in [1.165, 1.54) is 12.1 Å². The van der Waals surface area contributed by atoms with Gasteiger partial charge in [-0.25, -0.2) is 9.37 Å². The van der Waals surface area contributed by atoms with Crippen LogP contribution in [0.25, 0.3) is 6.08 Å². The summed E-state index contributed by atoms with van der Waals surface area (Å²) in [6, 6.07) is 12.1. The van der Waals surface area contributed by atoms with Gasteiger partial charge in [0, 0.05) is 23.4 Å². The average molecular weight is 469 g/mol. The highest BCUT2D eigenvalue weighted by Crippen LogP contribution is 2.31. The molecule has 0 fully saturated rings. The first-order chi connectivity index (χ1) is 14.6. The fraction of sp³-hybridized carbons (Fsp3) is 0.174. The highest BCUT2D eigenvalue weighted by atomic mass is 79.9. The minimum Gasteiger partial charge on any atom is -0.368 e. The minimum absolute atomic E-state index is 0.256. The monoisotopic (exact) mass is 468 g/mol. The SMILES string of the molecule is C/C=C/c1nc(NCCc2cccc(F)c2)c(N(C=O)Cc2cccnc2)cc1Br. The number of anilines is 2. The molecule has 0 saturated heterocycles. The summed E-state index contributed by atoms with van der Waals surface area (Å²) in [4.78, 5) is 22.3. The number of hydrogen-bond donors (Lipinski definition) is 1. The Morgan fingerprint density at radius 1 is 1.20 bits per heavy atom. The van der Waals surface area contributed by atoms with E-state index in [0.29, 0.717) is 31.0 Å². The molecule has 0 aliphatic heterocycles. The van der Waals surface area contributed by atoms with Crippen LogP contribution in [0, 0.1) is 5.82 Å². The van der Waals surface area contributed by atoms with Crippen LogP contribution in [0.3, 0.4) is 0 Å². The maximum atomic E-state index is 13.4. The standard InChI is InChI=1S/C23H22BrFN4O/c1-2-5-21-20(24)13-22(29(16-30)15-18-7-4-10-26-14-18)23(28-21)27-11-9-17-6-3-8-19(25)12-17/h2-8,10,12-14,16H,9,11,15H2,1H3,(H,27,28)/b5-2+. The van der Waals surface area contributed by atoms with Gasteiger partial charge in [0.25, 0.3) is 0 Å². The lowest BCUT2D eigenvalue weighted by Crippen LogP contribution is -2.23. The van der Waals surface area contributed by atoms with Crippen molar-refractivity contribution in [1.29, 1.82) is 0 Å². The Kier molecular flexibility index (Phi) is 7.68. The number of carbonyl (C=O) groups is 1. The molecule has 30 heavy (non-hydrogen) atoms. The van der Waals surface area contributed by atoms with Crippen molar-refractivity contribution in [3.8, 4) is 0 Å². The van der Waals surface area contributed by atoms with Gasteiger partial charge in [-0.05, 0) is 70.7 Å². The fourth-order valence-electron chi connectivity index (χ4n) is 3.00. The highest BCUT2D eigenvalue weighted by Gasteiger charge is 2.16. The third-order valence-corrected chi connectivity index (χ3v) is 5.05. The summed E-state index contributed by atoms with van der Waals surface area (Å²) in [6.45, 7) is 2.83. The number of benzene rings is 1. The third-order valence-electron chi connectivity index (χ3n) is 4.42. The van der Waals surface area contributed by atoms with Gasteiger partial charge in [0.15, 0.2) is 5.82 Å². The second-order valence-electron chi connectivity index (χ2n) is 6.62. The highest BCUT2D eigenvalue weighted by molar-refractivity contribution is 9.10. The second-order valence-corrected chi connectivity index (χ2v) is 7.48. The molecule has 3 aromatic rings. The van der Waals surface area contributed by atoms with E-state index in [1.54, 1.807) is 23.4 Å². The Hall–Kier alpha value is -3.06. The number of pyridine rings is 2. The molecule has 7 heteroatoms. The number of amides is 1. The number of halogens is 2. The van der Waals surface area contributed by atoms with Crippen LogP contribution in [-0.2, 0) is 17.8 Å². The minimum atomic E-state index is -0.256. The lowest BCUT2D eigenvalue weighted by molar-refractivity contribution is -0.107. The van der Waals surface area contributed by atoms with Gasteiger partial charge in [0.05, 0.1) is 17.9 Å². The lowest BCUT2D eigenvalue weighted by atomic mass is 10.1. The fourth-order valence-corrected chi connectivity index (χ4v) is 3.44. The molecule has 2 aromatic heterocycles. The first-order valence-corrected chi connectivity index (χ1v) is 10.3. The molecular formula is C23H22BrFN4O. The van der Waals surface area contributed by atoms with Gasteiger partial charge in [0.2, 0.25) is 6.41 Å². The van der Waals surface area contributed by atoms with Crippen molar-refractivity contribution in [2.45, 2.75) is 19.9 Å². The Morgan fingerprint density at radius 3 is 2.73 bits per heavy atom. The van der Waals surface area contributed by atoms with E-state index in [-0.39, 0.29) is 5.82 Å². The van der Waals surface area contributed by atoms with Crippen LogP contribution in [0.15, 0.2) is 65.4 Å². The molecule has 5 nitrogen and oxygen atoms in total. The molecule has 3 rings (SSSR count). The molecule has 0 aliphatic rings. The van der Waals surface area contributed by atoms with E-state index in [1.807, 2.05) is 43.3 Å². The zero-order valence-electron chi connectivity index (χ0n) is 16.6. The zero-order valence-corrected chi connectivity index (χ0v) is 18.1. The summed E-state index contributed by atoms with van der Waals surface area (Å²) in [6.07, 6.45) is 8.61. The number of hydrogen-bond acceptors (Lipinski definition) is 4. The number of aromatic nitrogens is 2. The van der Waals surface area contributed by atoms with E-state index < -0.39 is 0 Å². The summed E-state index contributed by atoms with van der Waals surface area (Å²) >= 11 is 3.54. The van der Waals surface area contributed by atoms with Gasteiger partial charge in [-0.1, -0.05) is 24.3 Å². The number of allylic oxidation sites excluding steroid dienone is 1. The van der Waals surface area contributed by atoms with Crippen LogP contribution in [-0.4, -0.2) is 22.9 Å². The van der Waals surface area contributed by atoms with Crippen molar-refractivity contribution in [3.63, 3.8) is 0 Å². The Balaban J connectivity index is 1.86. The predicted octanol–water partition coefficient (Wildman–Crippen LogP) is 5.23. The molecule has 2 heterocycles. The summed E-state index contributed by atoms with van der Waals surface area (Å²) in [5, 5.41) is 3.30. The van der Waals surface area contributed by atoms with E-state index in [9.17, 15) is 9.18 Å². The first-order valence-electron chi connectivity index (χ1n) is 9.53.